The number of halogens is 3. The summed E-state index contributed by atoms with van der Waals surface area (Å²) in [5.41, 5.74) is 4.22. The van der Waals surface area contributed by atoms with E-state index in [-0.39, 0.29) is 15.7 Å². The van der Waals surface area contributed by atoms with E-state index in [4.69, 9.17) is 4.74 Å². The van der Waals surface area contributed by atoms with Gasteiger partial charge in [0.25, 0.3) is 20.0 Å². The Kier molecular flexibility index (Phi) is 12.5. The Labute approximate surface area is 378 Å². The zero-order valence-electron chi connectivity index (χ0n) is 34.0. The van der Waals surface area contributed by atoms with Crippen molar-refractivity contribution in [3.05, 3.63) is 121 Å². The fourth-order valence-electron chi connectivity index (χ4n) is 9.33. The SMILES string of the molecule is COc1ccc(S(=O)(=O)n2cc(C[N+]3([N+]4(Cc5cn(S(=O)(=O)c6ccc(C(C)C)cc6)c6ccc(Br)cc56)CCCNCC4)CCCNCC3)c3cc(Br)ccc32)c(Br)c1. The van der Waals surface area contributed by atoms with Gasteiger partial charge in [0.05, 0.1) is 23.0 Å². The van der Waals surface area contributed by atoms with E-state index in [2.05, 4.69) is 72.3 Å². The zero-order chi connectivity index (χ0) is 42.5. The highest BCUT2D eigenvalue weighted by atomic mass is 79.9. The summed E-state index contributed by atoms with van der Waals surface area (Å²) in [7, 11) is -6.43. The third-order valence-electron chi connectivity index (χ3n) is 12.5. The average molecular weight is 1050 g/mol. The van der Waals surface area contributed by atoms with Crippen LogP contribution in [0.5, 0.6) is 5.75 Å². The van der Waals surface area contributed by atoms with Crippen LogP contribution in [-0.4, -0.2) is 93.4 Å². The molecule has 0 amide bonds. The molecule has 0 aliphatic carbocycles. The van der Waals surface area contributed by atoms with Crippen molar-refractivity contribution in [3.63, 3.8) is 0 Å². The van der Waals surface area contributed by atoms with Gasteiger partial charge in [0.15, 0.2) is 0 Å². The Morgan fingerprint density at radius 3 is 1.65 bits per heavy atom. The molecule has 0 saturated carbocycles. The van der Waals surface area contributed by atoms with Crippen LogP contribution >= 0.6 is 47.8 Å². The van der Waals surface area contributed by atoms with Crippen LogP contribution in [0, 0.1) is 0 Å². The van der Waals surface area contributed by atoms with Gasteiger partial charge in [-0.25, -0.2) is 24.8 Å². The third kappa shape index (κ3) is 8.05. The number of fused-ring (bicyclic) bond motifs is 2. The fourth-order valence-corrected chi connectivity index (χ4v) is 13.9. The summed E-state index contributed by atoms with van der Waals surface area (Å²) in [6, 6.07) is 23.8. The fraction of sp³-hybridized carbons (Fsp3) is 0.364. The van der Waals surface area contributed by atoms with Crippen LogP contribution in [0.1, 0.15) is 49.3 Å². The van der Waals surface area contributed by atoms with Crippen molar-refractivity contribution in [1.29, 1.82) is 0 Å². The molecule has 11 nitrogen and oxygen atoms in total. The van der Waals surface area contributed by atoms with Gasteiger partial charge in [0.1, 0.15) is 49.9 Å². The quantitative estimate of drug-likeness (QED) is 0.125. The van der Waals surface area contributed by atoms with Gasteiger partial charge in [0, 0.05) is 86.7 Å². The topological polar surface area (TPSA) is 111 Å². The number of aromatic nitrogens is 2. The number of nitrogens with one attached hydrogen (secondary N) is 2. The molecule has 2 N–H and O–H groups in total. The predicted molar refractivity (Wildman–Crippen MR) is 248 cm³/mol. The van der Waals surface area contributed by atoms with Gasteiger partial charge < -0.3 is 15.4 Å². The summed E-state index contributed by atoms with van der Waals surface area (Å²) in [6.07, 6.45) is 5.55. The highest BCUT2D eigenvalue weighted by molar-refractivity contribution is 9.11. The number of nitrogens with zero attached hydrogens (tertiary/aromatic N) is 4. The molecule has 2 unspecified atom stereocenters. The van der Waals surface area contributed by atoms with Crippen LogP contribution in [0.15, 0.2) is 114 Å². The van der Waals surface area contributed by atoms with Crippen molar-refractivity contribution in [2.75, 3.05) is 59.5 Å². The first kappa shape index (κ1) is 43.6. The van der Waals surface area contributed by atoms with E-state index in [0.717, 1.165) is 102 Å². The number of rotatable bonds is 11. The van der Waals surface area contributed by atoms with Crippen LogP contribution < -0.4 is 15.4 Å². The second kappa shape index (κ2) is 17.2. The lowest BCUT2D eigenvalue weighted by molar-refractivity contribution is -1.50. The number of hydrogen-bond acceptors (Lipinski definition) is 7. The van der Waals surface area contributed by atoms with Crippen molar-refractivity contribution in [2.24, 2.45) is 0 Å². The highest BCUT2D eigenvalue weighted by Crippen LogP contribution is 2.40. The van der Waals surface area contributed by atoms with Gasteiger partial charge in [-0.15, -0.1) is 0 Å². The molecule has 2 saturated heterocycles. The molecule has 2 aliphatic rings. The molecule has 318 valence electrons. The maximum absolute atomic E-state index is 14.6. The van der Waals surface area contributed by atoms with Gasteiger partial charge in [-0.1, -0.05) is 57.8 Å². The Morgan fingerprint density at radius 2 is 1.17 bits per heavy atom. The lowest BCUT2D eigenvalue weighted by Crippen LogP contribution is -2.73. The summed E-state index contributed by atoms with van der Waals surface area (Å²) < 4.78 is 70.1. The molecule has 8 rings (SSSR count). The van der Waals surface area contributed by atoms with Gasteiger partial charge >= 0.3 is 0 Å². The summed E-state index contributed by atoms with van der Waals surface area (Å²) >= 11 is 10.9. The minimum absolute atomic E-state index is 0.146. The molecule has 60 heavy (non-hydrogen) atoms. The van der Waals surface area contributed by atoms with E-state index in [1.165, 1.54) is 7.94 Å². The van der Waals surface area contributed by atoms with Gasteiger partial charge in [-0.05, 0) is 94.1 Å². The highest BCUT2D eigenvalue weighted by Gasteiger charge is 2.52. The number of methoxy groups -OCH3 is 1. The summed E-state index contributed by atoms with van der Waals surface area (Å²) in [5, 5.41) is 9.11. The smallest absolute Gasteiger partial charge is 0.269 e. The minimum Gasteiger partial charge on any atom is -0.497 e. The number of hydrogen-bond donors (Lipinski definition) is 2. The third-order valence-corrected chi connectivity index (χ3v) is 17.8. The second-order valence-corrected chi connectivity index (χ2v) is 22.6. The zero-order valence-corrected chi connectivity index (χ0v) is 40.4. The van der Waals surface area contributed by atoms with Crippen molar-refractivity contribution >= 4 is 89.6 Å². The Morgan fingerprint density at radius 1 is 0.650 bits per heavy atom. The average Bonchev–Trinajstić information content (AvgIpc) is 3.51. The predicted octanol–water partition coefficient (Wildman–Crippen LogP) is 8.72. The first-order chi connectivity index (χ1) is 28.7. The standard InChI is InChI=1S/C44H51Br3N6O5S2/c1-31(2)32-6-11-38(12-7-32)59(54,55)50-27-33(39-24-35(45)8-13-42(39)50)29-52(20-4-16-48-18-22-52)53(21-5-17-49-19-23-53)30-34-28-51(43-14-9-36(46)25-40(34)43)60(56,57)44-15-10-37(58-3)26-41(44)47/h6-15,24-28,31,48-49H,4-5,16-23,29-30H2,1-3H3/q+2. The molecule has 16 heteroatoms. The lowest BCUT2D eigenvalue weighted by atomic mass is 10.0. The molecule has 4 heterocycles. The maximum Gasteiger partial charge on any atom is 0.269 e. The van der Waals surface area contributed by atoms with Crippen molar-refractivity contribution in [1.82, 2.24) is 18.6 Å². The Bertz CT molecular complexity index is 2770. The molecule has 6 aromatic rings. The van der Waals surface area contributed by atoms with Gasteiger partial charge in [-0.3, -0.25) is 0 Å². The molecule has 2 aromatic heterocycles. The monoisotopic (exact) mass is 1040 g/mol. The van der Waals surface area contributed by atoms with E-state index in [1.54, 1.807) is 37.4 Å². The molecule has 2 atom stereocenters. The minimum atomic E-state index is -4.04. The first-order valence-electron chi connectivity index (χ1n) is 20.4. The first-order valence-corrected chi connectivity index (χ1v) is 25.6. The molecular formula is C44H51Br3N6O5S2+2. The Hall–Kier alpha value is -3.06. The van der Waals surface area contributed by atoms with Crippen LogP contribution in [-0.2, 0) is 33.1 Å². The van der Waals surface area contributed by atoms with E-state index in [0.29, 0.717) is 43.5 Å². The van der Waals surface area contributed by atoms with Crippen molar-refractivity contribution in [2.45, 2.75) is 55.5 Å². The summed E-state index contributed by atoms with van der Waals surface area (Å²) in [4.78, 5) is 0.399. The van der Waals surface area contributed by atoms with Gasteiger partial charge in [0.2, 0.25) is 0 Å². The van der Waals surface area contributed by atoms with E-state index < -0.39 is 20.0 Å². The van der Waals surface area contributed by atoms with Gasteiger partial charge in [-0.2, -0.15) is 9.18 Å². The molecule has 2 aliphatic heterocycles. The van der Waals surface area contributed by atoms with E-state index in [9.17, 15) is 16.8 Å². The number of benzene rings is 4. The van der Waals surface area contributed by atoms with Crippen LogP contribution in [0.4, 0.5) is 0 Å². The molecule has 4 aromatic carbocycles. The summed E-state index contributed by atoms with van der Waals surface area (Å²) in [6.45, 7) is 12.0. The van der Waals surface area contributed by atoms with Crippen LogP contribution in [0.3, 0.4) is 0 Å². The second-order valence-electron chi connectivity index (χ2n) is 16.4. The van der Waals surface area contributed by atoms with Crippen molar-refractivity contribution < 1.29 is 30.8 Å². The maximum atomic E-state index is 14.6. The molecule has 2 fully saturated rings. The van der Waals surface area contributed by atoms with Crippen LogP contribution in [0.25, 0.3) is 21.8 Å². The molecular weight excluding hydrogens is 996 g/mol. The number of quaternary nitrogens is 2. The van der Waals surface area contributed by atoms with Crippen molar-refractivity contribution in [3.8, 4) is 5.75 Å². The largest absolute Gasteiger partial charge is 0.497 e. The number of ether oxygens (including phenoxy) is 1. The Balaban J connectivity index is 1.29. The van der Waals surface area contributed by atoms with E-state index in [1.807, 2.05) is 60.9 Å². The lowest BCUT2D eigenvalue weighted by Gasteiger charge is -2.53. The molecule has 0 bridgehead atoms. The molecule has 0 spiro atoms. The van der Waals surface area contributed by atoms with E-state index >= 15 is 0 Å². The molecule has 0 radical (unpaired) electrons. The van der Waals surface area contributed by atoms with Crippen LogP contribution in [0.2, 0.25) is 0 Å². The summed E-state index contributed by atoms with van der Waals surface area (Å²) in [5.74, 6) is 0.835. The normalized spacial score (nSPS) is 20.7.